The van der Waals surface area contributed by atoms with Crippen LogP contribution < -0.4 is 5.32 Å². The lowest BCUT2D eigenvalue weighted by Gasteiger charge is -2.13. The highest BCUT2D eigenvalue weighted by Crippen LogP contribution is 2.25. The van der Waals surface area contributed by atoms with Crippen molar-refractivity contribution in [3.63, 3.8) is 0 Å². The van der Waals surface area contributed by atoms with Crippen LogP contribution in [0.15, 0.2) is 6.07 Å². The first-order chi connectivity index (χ1) is 8.55. The van der Waals surface area contributed by atoms with Gasteiger partial charge in [-0.15, -0.1) is 0 Å². The number of anilines is 1. The van der Waals surface area contributed by atoms with Gasteiger partial charge in [-0.3, -0.25) is 4.79 Å². The zero-order valence-electron chi connectivity index (χ0n) is 11.4. The molecule has 0 spiro atoms. The van der Waals surface area contributed by atoms with E-state index in [2.05, 4.69) is 5.10 Å². The number of aryl methyl sites for hydroxylation is 1. The molecule has 0 aromatic carbocycles. The van der Waals surface area contributed by atoms with Crippen LogP contribution in [0.5, 0.6) is 0 Å². The quantitative estimate of drug-likeness (QED) is 0.922. The van der Waals surface area contributed by atoms with Crippen LogP contribution in [0, 0.1) is 0 Å². The number of amides is 1. The molecule has 7 heteroatoms. The van der Waals surface area contributed by atoms with Crippen LogP contribution in [0.1, 0.15) is 39.8 Å². The molecular weight excluding hydrogens is 259 g/mol. The zero-order valence-corrected chi connectivity index (χ0v) is 11.4. The highest BCUT2D eigenvalue weighted by Gasteiger charge is 2.39. The number of rotatable bonds is 3. The van der Waals surface area contributed by atoms with Crippen LogP contribution in [0.2, 0.25) is 0 Å². The van der Waals surface area contributed by atoms with E-state index in [0.29, 0.717) is 18.7 Å². The van der Waals surface area contributed by atoms with Crippen molar-refractivity contribution in [1.29, 1.82) is 0 Å². The summed E-state index contributed by atoms with van der Waals surface area (Å²) in [5, 5.41) is 6.11. The largest absolute Gasteiger partial charge is 0.471 e. The second kappa shape index (κ2) is 5.22. The summed E-state index contributed by atoms with van der Waals surface area (Å²) in [5.41, 5.74) is 0.342. The molecule has 1 aromatic rings. The minimum Gasteiger partial charge on any atom is -0.303 e. The number of nitrogens with one attached hydrogen (secondary N) is 1. The number of nitrogens with zero attached hydrogens (tertiary/aromatic N) is 2. The van der Waals surface area contributed by atoms with Gasteiger partial charge in [-0.05, 0) is 6.42 Å². The molecule has 1 amide bonds. The summed E-state index contributed by atoms with van der Waals surface area (Å²) in [5.74, 6) is -1.90. The van der Waals surface area contributed by atoms with E-state index in [4.69, 9.17) is 0 Å². The molecule has 1 heterocycles. The van der Waals surface area contributed by atoms with Crippen molar-refractivity contribution in [3.8, 4) is 0 Å². The molecule has 0 fully saturated rings. The first-order valence-corrected chi connectivity index (χ1v) is 6.02. The normalized spacial score (nSPS) is 12.6. The summed E-state index contributed by atoms with van der Waals surface area (Å²) in [6, 6.07) is 1.49. The fourth-order valence-corrected chi connectivity index (χ4v) is 1.45. The maximum atomic E-state index is 12.3. The predicted molar refractivity (Wildman–Crippen MR) is 65.9 cm³/mol. The van der Waals surface area contributed by atoms with Gasteiger partial charge in [0.25, 0.3) is 0 Å². The van der Waals surface area contributed by atoms with Crippen molar-refractivity contribution >= 4 is 11.7 Å². The lowest BCUT2D eigenvalue weighted by atomic mass is 9.92. The second-order valence-electron chi connectivity index (χ2n) is 5.34. The van der Waals surface area contributed by atoms with Crippen molar-refractivity contribution in [2.24, 2.45) is 0 Å². The summed E-state index contributed by atoms with van der Waals surface area (Å²) in [4.78, 5) is 11.0. The summed E-state index contributed by atoms with van der Waals surface area (Å²) in [7, 11) is 0. The maximum absolute atomic E-state index is 12.3. The third kappa shape index (κ3) is 3.97. The van der Waals surface area contributed by atoms with Gasteiger partial charge in [0.15, 0.2) is 0 Å². The van der Waals surface area contributed by atoms with Crippen molar-refractivity contribution in [2.75, 3.05) is 5.32 Å². The van der Waals surface area contributed by atoms with E-state index < -0.39 is 12.1 Å². The number of halogens is 3. The van der Waals surface area contributed by atoms with E-state index >= 15 is 0 Å². The second-order valence-corrected chi connectivity index (χ2v) is 5.34. The molecule has 0 aliphatic heterocycles. The highest BCUT2D eigenvalue weighted by atomic mass is 19.4. The average molecular weight is 277 g/mol. The van der Waals surface area contributed by atoms with E-state index in [1.165, 1.54) is 10.7 Å². The molecule has 0 saturated heterocycles. The summed E-state index contributed by atoms with van der Waals surface area (Å²) in [6.07, 6.45) is -4.19. The van der Waals surface area contributed by atoms with E-state index in [-0.39, 0.29) is 11.2 Å². The van der Waals surface area contributed by atoms with Crippen molar-refractivity contribution in [1.82, 2.24) is 9.78 Å². The van der Waals surface area contributed by atoms with Crippen LogP contribution in [0.4, 0.5) is 19.0 Å². The highest BCUT2D eigenvalue weighted by molar-refractivity contribution is 5.94. The Bertz CT molecular complexity index is 458. The van der Waals surface area contributed by atoms with Gasteiger partial charge in [0.1, 0.15) is 5.82 Å². The number of hydrogen-bond acceptors (Lipinski definition) is 2. The lowest BCUT2D eigenvalue weighted by Crippen LogP contribution is -2.31. The van der Waals surface area contributed by atoms with Crippen LogP contribution >= 0.6 is 0 Å². The SMILES string of the molecule is CCCn1nc(C(C)(C)C)cc1NC(=O)C(F)(F)F. The molecule has 1 aromatic heterocycles. The van der Waals surface area contributed by atoms with Gasteiger partial charge in [-0.1, -0.05) is 27.7 Å². The molecule has 19 heavy (non-hydrogen) atoms. The molecule has 0 unspecified atom stereocenters. The first kappa shape index (κ1) is 15.5. The monoisotopic (exact) mass is 277 g/mol. The van der Waals surface area contributed by atoms with E-state index in [1.807, 2.05) is 33.0 Å². The number of carbonyl (C=O) groups is 1. The van der Waals surface area contributed by atoms with Crippen LogP contribution in [-0.4, -0.2) is 21.9 Å². The van der Waals surface area contributed by atoms with Gasteiger partial charge in [0.2, 0.25) is 0 Å². The molecule has 1 N–H and O–H groups in total. The molecule has 1 rings (SSSR count). The Hall–Kier alpha value is -1.53. The third-order valence-corrected chi connectivity index (χ3v) is 2.48. The minimum atomic E-state index is -4.90. The Morgan fingerprint density at radius 3 is 2.37 bits per heavy atom. The van der Waals surface area contributed by atoms with E-state index in [1.54, 1.807) is 0 Å². The van der Waals surface area contributed by atoms with Crippen LogP contribution in [-0.2, 0) is 16.8 Å². The third-order valence-electron chi connectivity index (χ3n) is 2.48. The zero-order chi connectivity index (χ0) is 14.8. The first-order valence-electron chi connectivity index (χ1n) is 6.02. The van der Waals surface area contributed by atoms with Gasteiger partial charge in [0.05, 0.1) is 5.69 Å². The van der Waals surface area contributed by atoms with E-state index in [9.17, 15) is 18.0 Å². The van der Waals surface area contributed by atoms with Crippen molar-refractivity contribution in [2.45, 2.75) is 52.3 Å². The standard InChI is InChI=1S/C12H18F3N3O/c1-5-6-18-9(16-10(19)12(13,14)15)7-8(17-18)11(2,3)4/h7H,5-6H2,1-4H3,(H,16,19). The molecular formula is C12H18F3N3O. The molecule has 0 aliphatic rings. The van der Waals surface area contributed by atoms with Crippen LogP contribution in [0.25, 0.3) is 0 Å². The molecule has 0 bridgehead atoms. The van der Waals surface area contributed by atoms with E-state index in [0.717, 1.165) is 0 Å². The van der Waals surface area contributed by atoms with Crippen molar-refractivity contribution in [3.05, 3.63) is 11.8 Å². The minimum absolute atomic E-state index is 0.0779. The van der Waals surface area contributed by atoms with Crippen molar-refractivity contribution < 1.29 is 18.0 Å². The molecule has 0 aliphatic carbocycles. The Labute approximate surface area is 110 Å². The van der Waals surface area contributed by atoms with Crippen LogP contribution in [0.3, 0.4) is 0 Å². The average Bonchev–Trinajstić information content (AvgIpc) is 2.60. The van der Waals surface area contributed by atoms with Gasteiger partial charge >= 0.3 is 12.1 Å². The van der Waals surface area contributed by atoms with Gasteiger partial charge in [-0.2, -0.15) is 18.3 Å². The summed E-state index contributed by atoms with van der Waals surface area (Å²) >= 11 is 0. The van der Waals surface area contributed by atoms with Gasteiger partial charge in [-0.25, -0.2) is 4.68 Å². The lowest BCUT2D eigenvalue weighted by molar-refractivity contribution is -0.167. The molecule has 4 nitrogen and oxygen atoms in total. The number of hydrogen-bond donors (Lipinski definition) is 1. The number of aromatic nitrogens is 2. The molecule has 0 radical (unpaired) electrons. The predicted octanol–water partition coefficient (Wildman–Crippen LogP) is 3.09. The molecule has 108 valence electrons. The molecule has 0 atom stereocenters. The topological polar surface area (TPSA) is 46.9 Å². The Balaban J connectivity index is 3.05. The Morgan fingerprint density at radius 1 is 1.37 bits per heavy atom. The number of alkyl halides is 3. The molecule has 0 saturated carbocycles. The fraction of sp³-hybridized carbons (Fsp3) is 0.667. The summed E-state index contributed by atoms with van der Waals surface area (Å²) < 4.78 is 38.1. The maximum Gasteiger partial charge on any atom is 0.471 e. The smallest absolute Gasteiger partial charge is 0.303 e. The summed E-state index contributed by atoms with van der Waals surface area (Å²) in [6.45, 7) is 8.04. The number of carbonyl (C=O) groups excluding carboxylic acids is 1. The van der Waals surface area contributed by atoms with Gasteiger partial charge < -0.3 is 5.32 Å². The Morgan fingerprint density at radius 2 is 1.95 bits per heavy atom. The Kier molecular flexibility index (Phi) is 4.27. The fourth-order valence-electron chi connectivity index (χ4n) is 1.45. The van der Waals surface area contributed by atoms with Gasteiger partial charge in [0, 0.05) is 18.0 Å².